The van der Waals surface area contributed by atoms with Gasteiger partial charge in [0.05, 0.1) is 5.69 Å². The summed E-state index contributed by atoms with van der Waals surface area (Å²) >= 11 is 0. The first-order valence-corrected chi connectivity index (χ1v) is 6.59. The first-order chi connectivity index (χ1) is 8.89. The zero-order chi connectivity index (χ0) is 14.0. The van der Waals surface area contributed by atoms with Crippen LogP contribution in [0.15, 0.2) is 30.0 Å². The average Bonchev–Trinajstić information content (AvgIpc) is 2.38. The Bertz CT molecular complexity index is 514. The van der Waals surface area contributed by atoms with Crippen LogP contribution < -0.4 is 5.73 Å². The Labute approximate surface area is 114 Å². The van der Waals surface area contributed by atoms with Gasteiger partial charge in [-0.2, -0.15) is 0 Å². The van der Waals surface area contributed by atoms with Crippen molar-refractivity contribution in [3.05, 3.63) is 35.7 Å². The predicted octanol–water partition coefficient (Wildman–Crippen LogP) is 2.48. The number of hydrogen-bond acceptors (Lipinski definition) is 3. The number of carbonyl (C=O) groups excluding carboxylic acids is 1. The summed E-state index contributed by atoms with van der Waals surface area (Å²) in [4.78, 5) is 18.2. The van der Waals surface area contributed by atoms with Gasteiger partial charge in [-0.1, -0.05) is 32.4 Å². The number of nitrogens with two attached hydrogens (primary N) is 1. The van der Waals surface area contributed by atoms with E-state index in [2.05, 4.69) is 31.8 Å². The highest BCUT2D eigenvalue weighted by molar-refractivity contribution is 5.97. The molecule has 0 spiro atoms. The lowest BCUT2D eigenvalue weighted by atomic mass is 9.83. The first-order valence-electron chi connectivity index (χ1n) is 6.59. The molecule has 1 aromatic heterocycles. The van der Waals surface area contributed by atoms with Crippen molar-refractivity contribution in [1.82, 2.24) is 9.88 Å². The molecular formula is C15H21N3O. The van der Waals surface area contributed by atoms with Gasteiger partial charge in [0.25, 0.3) is 5.91 Å². The van der Waals surface area contributed by atoms with Crippen molar-refractivity contribution < 1.29 is 4.79 Å². The van der Waals surface area contributed by atoms with Crippen LogP contribution in [0.25, 0.3) is 0 Å². The molecule has 4 nitrogen and oxygen atoms in total. The molecule has 0 aliphatic carbocycles. The third-order valence-electron chi connectivity index (χ3n) is 3.50. The fourth-order valence-corrected chi connectivity index (χ4v) is 2.28. The van der Waals surface area contributed by atoms with Gasteiger partial charge in [-0.25, -0.2) is 4.98 Å². The van der Waals surface area contributed by atoms with E-state index < -0.39 is 0 Å². The molecule has 0 aromatic carbocycles. The number of nitrogen functional groups attached to an aromatic ring is 1. The van der Waals surface area contributed by atoms with Crippen LogP contribution in [-0.2, 0) is 0 Å². The maximum atomic E-state index is 12.3. The quantitative estimate of drug-likeness (QED) is 0.788. The standard InChI is InChI=1S/C15H21N3O/c1-15(2,3)11-6-9-18(10-7-11)14(19)13-12(16)5-4-8-17-13/h4-6,8H,7,9-10,16H2,1-3H3. The van der Waals surface area contributed by atoms with E-state index in [4.69, 9.17) is 5.73 Å². The van der Waals surface area contributed by atoms with Gasteiger partial charge in [-0.3, -0.25) is 4.79 Å². The largest absolute Gasteiger partial charge is 0.397 e. The Balaban J connectivity index is 2.13. The minimum Gasteiger partial charge on any atom is -0.397 e. The highest BCUT2D eigenvalue weighted by Gasteiger charge is 2.25. The van der Waals surface area contributed by atoms with Gasteiger partial charge < -0.3 is 10.6 Å². The lowest BCUT2D eigenvalue weighted by Gasteiger charge is -2.32. The fraction of sp³-hybridized carbons (Fsp3) is 0.467. The summed E-state index contributed by atoms with van der Waals surface area (Å²) in [6.45, 7) is 7.98. The number of amides is 1. The number of pyridine rings is 1. The van der Waals surface area contributed by atoms with E-state index in [1.54, 1.807) is 23.2 Å². The lowest BCUT2D eigenvalue weighted by Crippen LogP contribution is -2.37. The molecule has 2 N–H and O–H groups in total. The third kappa shape index (κ3) is 2.95. The molecule has 1 aliphatic heterocycles. The molecule has 0 atom stereocenters. The summed E-state index contributed by atoms with van der Waals surface area (Å²) in [6, 6.07) is 3.44. The third-order valence-corrected chi connectivity index (χ3v) is 3.50. The number of anilines is 1. The predicted molar refractivity (Wildman–Crippen MR) is 76.7 cm³/mol. The molecule has 0 fully saturated rings. The Morgan fingerprint density at radius 1 is 1.42 bits per heavy atom. The van der Waals surface area contributed by atoms with Crippen LogP contribution in [0.2, 0.25) is 0 Å². The van der Waals surface area contributed by atoms with Crippen LogP contribution in [0.3, 0.4) is 0 Å². The molecule has 0 saturated carbocycles. The molecule has 1 amide bonds. The number of nitrogens with zero attached hydrogens (tertiary/aromatic N) is 2. The lowest BCUT2D eigenvalue weighted by molar-refractivity contribution is 0.0760. The molecule has 0 saturated heterocycles. The number of carbonyl (C=O) groups is 1. The zero-order valence-electron chi connectivity index (χ0n) is 11.8. The van der Waals surface area contributed by atoms with Crippen LogP contribution in [0.5, 0.6) is 0 Å². The molecule has 19 heavy (non-hydrogen) atoms. The first kappa shape index (κ1) is 13.6. The van der Waals surface area contributed by atoms with Crippen molar-refractivity contribution in [2.45, 2.75) is 27.2 Å². The van der Waals surface area contributed by atoms with Crippen molar-refractivity contribution in [2.75, 3.05) is 18.8 Å². The number of hydrogen-bond donors (Lipinski definition) is 1. The molecule has 0 radical (unpaired) electrons. The number of aromatic nitrogens is 1. The molecule has 1 aliphatic rings. The Morgan fingerprint density at radius 2 is 2.16 bits per heavy atom. The van der Waals surface area contributed by atoms with E-state index in [0.717, 1.165) is 13.0 Å². The molecule has 102 valence electrons. The normalized spacial score (nSPS) is 16.2. The molecule has 2 heterocycles. The van der Waals surface area contributed by atoms with Gasteiger partial charge in [-0.15, -0.1) is 0 Å². The Morgan fingerprint density at radius 3 is 2.68 bits per heavy atom. The van der Waals surface area contributed by atoms with Gasteiger partial charge in [0.15, 0.2) is 5.69 Å². The van der Waals surface area contributed by atoms with E-state index in [0.29, 0.717) is 17.9 Å². The monoisotopic (exact) mass is 259 g/mol. The van der Waals surface area contributed by atoms with E-state index in [1.807, 2.05) is 0 Å². The van der Waals surface area contributed by atoms with Crippen LogP contribution >= 0.6 is 0 Å². The van der Waals surface area contributed by atoms with Crippen molar-refractivity contribution in [3.63, 3.8) is 0 Å². The van der Waals surface area contributed by atoms with Crippen LogP contribution in [0, 0.1) is 5.41 Å². The topological polar surface area (TPSA) is 59.2 Å². The number of rotatable bonds is 1. The molecule has 4 heteroatoms. The minimum absolute atomic E-state index is 0.0812. The van der Waals surface area contributed by atoms with Gasteiger partial charge >= 0.3 is 0 Å². The molecule has 2 rings (SSSR count). The molecular weight excluding hydrogens is 238 g/mol. The van der Waals surface area contributed by atoms with Crippen molar-refractivity contribution in [1.29, 1.82) is 0 Å². The summed E-state index contributed by atoms with van der Waals surface area (Å²) in [6.07, 6.45) is 4.67. The maximum Gasteiger partial charge on any atom is 0.274 e. The van der Waals surface area contributed by atoms with Crippen molar-refractivity contribution in [3.8, 4) is 0 Å². The second kappa shape index (κ2) is 5.03. The van der Waals surface area contributed by atoms with Crippen LogP contribution in [0.1, 0.15) is 37.7 Å². The van der Waals surface area contributed by atoms with E-state index in [1.165, 1.54) is 5.57 Å². The maximum absolute atomic E-state index is 12.3. The van der Waals surface area contributed by atoms with E-state index in [-0.39, 0.29) is 11.3 Å². The highest BCUT2D eigenvalue weighted by Crippen LogP contribution is 2.30. The molecule has 0 unspecified atom stereocenters. The van der Waals surface area contributed by atoms with Crippen LogP contribution in [-0.4, -0.2) is 28.9 Å². The average molecular weight is 259 g/mol. The minimum atomic E-state index is -0.0812. The second-order valence-corrected chi connectivity index (χ2v) is 5.92. The van der Waals surface area contributed by atoms with Gasteiger partial charge in [0, 0.05) is 19.3 Å². The molecule has 1 aromatic rings. The van der Waals surface area contributed by atoms with E-state index >= 15 is 0 Å². The fourth-order valence-electron chi connectivity index (χ4n) is 2.28. The smallest absolute Gasteiger partial charge is 0.274 e. The SMILES string of the molecule is CC(C)(C)C1=CCN(C(=O)c2ncccc2N)CC1. The molecule has 0 bridgehead atoms. The summed E-state index contributed by atoms with van der Waals surface area (Å²) in [5, 5.41) is 0. The van der Waals surface area contributed by atoms with Gasteiger partial charge in [0.2, 0.25) is 0 Å². The summed E-state index contributed by atoms with van der Waals surface area (Å²) < 4.78 is 0. The second-order valence-electron chi connectivity index (χ2n) is 5.92. The van der Waals surface area contributed by atoms with E-state index in [9.17, 15) is 4.79 Å². The van der Waals surface area contributed by atoms with Crippen molar-refractivity contribution in [2.24, 2.45) is 5.41 Å². The Hall–Kier alpha value is -1.84. The van der Waals surface area contributed by atoms with Crippen LogP contribution in [0.4, 0.5) is 5.69 Å². The van der Waals surface area contributed by atoms with Gasteiger partial charge in [-0.05, 0) is 24.0 Å². The highest BCUT2D eigenvalue weighted by atomic mass is 16.2. The van der Waals surface area contributed by atoms with Gasteiger partial charge in [0.1, 0.15) is 0 Å². The summed E-state index contributed by atoms with van der Waals surface area (Å²) in [5.41, 5.74) is 8.19. The summed E-state index contributed by atoms with van der Waals surface area (Å²) in [7, 11) is 0. The Kier molecular flexibility index (Phi) is 3.60. The summed E-state index contributed by atoms with van der Waals surface area (Å²) in [5.74, 6) is -0.0812. The zero-order valence-corrected chi connectivity index (χ0v) is 11.8. The van der Waals surface area contributed by atoms with Crippen molar-refractivity contribution >= 4 is 11.6 Å².